The minimum Gasteiger partial charge on any atom is -0.460 e. The van der Waals surface area contributed by atoms with Crippen molar-refractivity contribution in [3.8, 4) is 0 Å². The van der Waals surface area contributed by atoms with Crippen molar-refractivity contribution in [1.29, 1.82) is 0 Å². The first-order valence-corrected chi connectivity index (χ1v) is 6.04. The highest BCUT2D eigenvalue weighted by molar-refractivity contribution is 5.79. The third-order valence-electron chi connectivity index (χ3n) is 3.64. The summed E-state index contributed by atoms with van der Waals surface area (Å²) < 4.78 is 10.8. The summed E-state index contributed by atoms with van der Waals surface area (Å²) in [6, 6.07) is 0. The van der Waals surface area contributed by atoms with Crippen LogP contribution in [-0.2, 0) is 14.3 Å². The largest absolute Gasteiger partial charge is 0.460 e. The lowest BCUT2D eigenvalue weighted by Crippen LogP contribution is -2.26. The van der Waals surface area contributed by atoms with Gasteiger partial charge in [0.25, 0.3) is 0 Å². The minimum absolute atomic E-state index is 0.147. The zero-order valence-corrected chi connectivity index (χ0v) is 9.62. The number of epoxide rings is 1. The topological polar surface area (TPSA) is 38.8 Å². The Balaban J connectivity index is 1.78. The smallest absolute Gasteiger partial charge is 0.338 e. The summed E-state index contributed by atoms with van der Waals surface area (Å²) in [6.45, 7) is 4.01. The van der Waals surface area contributed by atoms with Crippen molar-refractivity contribution in [3.63, 3.8) is 0 Å². The van der Waals surface area contributed by atoms with E-state index in [-0.39, 0.29) is 23.8 Å². The van der Waals surface area contributed by atoms with E-state index in [0.717, 1.165) is 19.3 Å². The molecule has 0 N–H and O–H groups in total. The third-order valence-corrected chi connectivity index (χ3v) is 3.64. The van der Waals surface area contributed by atoms with E-state index in [4.69, 9.17) is 9.47 Å². The van der Waals surface area contributed by atoms with Crippen molar-refractivity contribution in [2.75, 3.05) is 0 Å². The highest BCUT2D eigenvalue weighted by atomic mass is 16.7. The van der Waals surface area contributed by atoms with E-state index in [1.165, 1.54) is 19.3 Å². The van der Waals surface area contributed by atoms with Gasteiger partial charge in [-0.3, -0.25) is 0 Å². The maximum atomic E-state index is 11.7. The van der Waals surface area contributed by atoms with Crippen molar-refractivity contribution >= 4 is 5.97 Å². The molecule has 2 aliphatic rings. The fourth-order valence-electron chi connectivity index (χ4n) is 2.21. The summed E-state index contributed by atoms with van der Waals surface area (Å²) >= 11 is 0. The highest BCUT2D eigenvalue weighted by Crippen LogP contribution is 2.40. The molecule has 3 nitrogen and oxygen atoms in total. The Morgan fingerprint density at radius 1 is 1.40 bits per heavy atom. The Morgan fingerprint density at radius 3 is 2.60 bits per heavy atom. The molecule has 0 bridgehead atoms. The molecule has 86 valence electrons. The maximum absolute atomic E-state index is 11.7. The molecule has 1 aliphatic heterocycles. The lowest BCUT2D eigenvalue weighted by molar-refractivity contribution is -0.152. The molecular formula is C12H20O3. The molecule has 1 saturated heterocycles. The summed E-state index contributed by atoms with van der Waals surface area (Å²) in [5.41, 5.74) is -0.244. The molecule has 2 fully saturated rings. The summed E-state index contributed by atoms with van der Waals surface area (Å²) in [4.78, 5) is 11.7. The van der Waals surface area contributed by atoms with Crippen LogP contribution in [0.2, 0.25) is 0 Å². The summed E-state index contributed by atoms with van der Waals surface area (Å²) in [7, 11) is 0. The normalized spacial score (nSPS) is 36.3. The number of hydrogen-bond acceptors (Lipinski definition) is 3. The van der Waals surface area contributed by atoms with Gasteiger partial charge >= 0.3 is 5.97 Å². The van der Waals surface area contributed by atoms with Gasteiger partial charge in [-0.2, -0.15) is 0 Å². The van der Waals surface area contributed by atoms with Gasteiger partial charge in [-0.1, -0.05) is 13.3 Å². The predicted molar refractivity (Wildman–Crippen MR) is 56.5 cm³/mol. The fourth-order valence-corrected chi connectivity index (χ4v) is 2.21. The van der Waals surface area contributed by atoms with E-state index >= 15 is 0 Å². The zero-order valence-electron chi connectivity index (χ0n) is 9.62. The van der Waals surface area contributed by atoms with Crippen LogP contribution in [0.25, 0.3) is 0 Å². The molecule has 0 spiro atoms. The number of carbonyl (C=O) groups is 1. The van der Waals surface area contributed by atoms with Gasteiger partial charge in [0.1, 0.15) is 11.7 Å². The molecule has 1 heterocycles. The van der Waals surface area contributed by atoms with Crippen LogP contribution in [-0.4, -0.2) is 23.8 Å². The Morgan fingerprint density at radius 2 is 2.07 bits per heavy atom. The minimum atomic E-state index is -0.301. The fraction of sp³-hybridized carbons (Fsp3) is 0.917. The molecule has 0 amide bonds. The third kappa shape index (κ3) is 2.33. The summed E-state index contributed by atoms with van der Waals surface area (Å²) in [5, 5.41) is 0. The lowest BCUT2D eigenvalue weighted by atomic mass is 9.97. The molecule has 2 unspecified atom stereocenters. The number of carbonyl (C=O) groups excluding carboxylic acids is 1. The average molecular weight is 212 g/mol. The van der Waals surface area contributed by atoms with Gasteiger partial charge in [-0.05, 0) is 39.0 Å². The summed E-state index contributed by atoms with van der Waals surface area (Å²) in [5.74, 6) is -0.147. The van der Waals surface area contributed by atoms with Crippen LogP contribution >= 0.6 is 0 Å². The van der Waals surface area contributed by atoms with Gasteiger partial charge in [-0.15, -0.1) is 0 Å². The summed E-state index contributed by atoms with van der Waals surface area (Å²) in [6.07, 6.45) is 6.44. The van der Waals surface area contributed by atoms with Crippen LogP contribution in [0.4, 0.5) is 0 Å². The Labute approximate surface area is 91.1 Å². The van der Waals surface area contributed by atoms with Crippen molar-refractivity contribution in [2.24, 2.45) is 0 Å². The SMILES string of the molecule is CCC1(C)OC1C(=O)OC1CCCCC1. The second kappa shape index (κ2) is 4.12. The predicted octanol–water partition coefficient (Wildman–Crippen LogP) is 2.43. The molecule has 2 rings (SSSR count). The molecular weight excluding hydrogens is 192 g/mol. The van der Waals surface area contributed by atoms with E-state index in [2.05, 4.69) is 0 Å². The van der Waals surface area contributed by atoms with Crippen LogP contribution in [0.15, 0.2) is 0 Å². The maximum Gasteiger partial charge on any atom is 0.338 e. The second-order valence-electron chi connectivity index (χ2n) is 4.86. The van der Waals surface area contributed by atoms with Crippen LogP contribution in [0.3, 0.4) is 0 Å². The second-order valence-corrected chi connectivity index (χ2v) is 4.86. The van der Waals surface area contributed by atoms with Gasteiger partial charge in [0.2, 0.25) is 0 Å². The van der Waals surface area contributed by atoms with Gasteiger partial charge < -0.3 is 9.47 Å². The van der Waals surface area contributed by atoms with Crippen molar-refractivity contribution in [2.45, 2.75) is 70.2 Å². The Bertz CT molecular complexity index is 245. The number of rotatable bonds is 3. The Kier molecular flexibility index (Phi) is 3.01. The van der Waals surface area contributed by atoms with Crippen LogP contribution in [0.1, 0.15) is 52.4 Å². The molecule has 0 aromatic heterocycles. The first kappa shape index (κ1) is 10.9. The monoisotopic (exact) mass is 212 g/mol. The molecule has 1 saturated carbocycles. The molecule has 0 aromatic rings. The zero-order chi connectivity index (χ0) is 10.9. The number of hydrogen-bond donors (Lipinski definition) is 0. The van der Waals surface area contributed by atoms with Gasteiger partial charge in [-0.25, -0.2) is 4.79 Å². The van der Waals surface area contributed by atoms with Gasteiger partial charge in [0, 0.05) is 0 Å². The molecule has 0 aromatic carbocycles. The quantitative estimate of drug-likeness (QED) is 0.532. The van der Waals surface area contributed by atoms with E-state index < -0.39 is 0 Å². The molecule has 3 heteroatoms. The van der Waals surface area contributed by atoms with Crippen molar-refractivity contribution in [1.82, 2.24) is 0 Å². The Hall–Kier alpha value is -0.570. The van der Waals surface area contributed by atoms with E-state index in [1.807, 2.05) is 13.8 Å². The van der Waals surface area contributed by atoms with Gasteiger partial charge in [0.15, 0.2) is 6.10 Å². The van der Waals surface area contributed by atoms with Crippen LogP contribution in [0, 0.1) is 0 Å². The first-order chi connectivity index (χ1) is 7.15. The number of esters is 1. The van der Waals surface area contributed by atoms with Crippen LogP contribution < -0.4 is 0 Å². The molecule has 0 radical (unpaired) electrons. The highest BCUT2D eigenvalue weighted by Gasteiger charge is 2.57. The molecule has 1 aliphatic carbocycles. The van der Waals surface area contributed by atoms with Crippen molar-refractivity contribution < 1.29 is 14.3 Å². The number of ether oxygens (including phenoxy) is 2. The van der Waals surface area contributed by atoms with Crippen molar-refractivity contribution in [3.05, 3.63) is 0 Å². The van der Waals surface area contributed by atoms with Crippen LogP contribution in [0.5, 0.6) is 0 Å². The van der Waals surface area contributed by atoms with E-state index in [1.54, 1.807) is 0 Å². The average Bonchev–Trinajstić information content (AvgIpc) is 2.93. The standard InChI is InChI=1S/C12H20O3/c1-3-12(2)10(15-12)11(13)14-9-7-5-4-6-8-9/h9-10H,3-8H2,1-2H3. The van der Waals surface area contributed by atoms with E-state index in [0.29, 0.717) is 0 Å². The van der Waals surface area contributed by atoms with E-state index in [9.17, 15) is 4.79 Å². The first-order valence-electron chi connectivity index (χ1n) is 6.04. The lowest BCUT2D eigenvalue weighted by Gasteiger charge is -2.21. The molecule has 15 heavy (non-hydrogen) atoms. The molecule has 2 atom stereocenters. The van der Waals surface area contributed by atoms with Gasteiger partial charge in [0.05, 0.1) is 0 Å².